The number of hydrogen-bond donors (Lipinski definition) is 1. The van der Waals surface area contributed by atoms with Crippen molar-refractivity contribution < 1.29 is 9.53 Å². The smallest absolute Gasteiger partial charge is 0.220 e. The van der Waals surface area contributed by atoms with Crippen molar-refractivity contribution in [1.29, 1.82) is 0 Å². The van der Waals surface area contributed by atoms with E-state index < -0.39 is 0 Å². The normalized spacial score (nSPS) is 11.2. The summed E-state index contributed by atoms with van der Waals surface area (Å²) in [5.74, 6) is 0.533. The van der Waals surface area contributed by atoms with E-state index in [-0.39, 0.29) is 5.91 Å². The predicted molar refractivity (Wildman–Crippen MR) is 71.1 cm³/mol. The maximum absolute atomic E-state index is 11.3. The number of rotatable bonds is 10. The Kier molecular flexibility index (Phi) is 10.2. The monoisotopic (exact) mass is 244 g/mol. The summed E-state index contributed by atoms with van der Waals surface area (Å²) in [4.78, 5) is 13.6. The second kappa shape index (κ2) is 10.5. The molecule has 0 fully saturated rings. The molecule has 17 heavy (non-hydrogen) atoms. The van der Waals surface area contributed by atoms with Crippen molar-refractivity contribution in [3.63, 3.8) is 0 Å². The van der Waals surface area contributed by atoms with Gasteiger partial charge in [0.2, 0.25) is 5.91 Å². The molecule has 1 amide bonds. The molecule has 0 aliphatic carbocycles. The molecule has 0 unspecified atom stereocenters. The number of hydrogen-bond acceptors (Lipinski definition) is 3. The largest absolute Gasteiger partial charge is 0.378 e. The summed E-state index contributed by atoms with van der Waals surface area (Å²) in [6, 6.07) is 0. The maximum atomic E-state index is 11.3. The highest BCUT2D eigenvalue weighted by molar-refractivity contribution is 5.75. The Morgan fingerprint density at radius 2 is 1.88 bits per heavy atom. The molecule has 0 heterocycles. The summed E-state index contributed by atoms with van der Waals surface area (Å²) in [6.07, 6.45) is 0.597. The molecule has 4 nitrogen and oxygen atoms in total. The third-order valence-corrected chi connectivity index (χ3v) is 2.61. The molecule has 1 N–H and O–H groups in total. The molecule has 102 valence electrons. The van der Waals surface area contributed by atoms with Crippen LogP contribution < -0.4 is 5.32 Å². The van der Waals surface area contributed by atoms with Crippen molar-refractivity contribution in [3.05, 3.63) is 0 Å². The topological polar surface area (TPSA) is 41.6 Å². The maximum Gasteiger partial charge on any atom is 0.220 e. The molecule has 0 aliphatic rings. The molecule has 0 aromatic rings. The van der Waals surface area contributed by atoms with Crippen LogP contribution in [0.3, 0.4) is 0 Å². The van der Waals surface area contributed by atoms with Gasteiger partial charge in [0.15, 0.2) is 0 Å². The molecule has 0 bridgehead atoms. The first-order valence-corrected chi connectivity index (χ1v) is 6.66. The number of nitrogens with zero attached hydrogens (tertiary/aromatic N) is 1. The van der Waals surface area contributed by atoms with Gasteiger partial charge in [-0.15, -0.1) is 0 Å². The van der Waals surface area contributed by atoms with E-state index in [4.69, 9.17) is 4.74 Å². The summed E-state index contributed by atoms with van der Waals surface area (Å²) in [5, 5.41) is 2.85. The Morgan fingerprint density at radius 1 is 1.24 bits per heavy atom. The second-order valence-electron chi connectivity index (χ2n) is 4.59. The molecule has 0 atom stereocenters. The van der Waals surface area contributed by atoms with Crippen LogP contribution >= 0.6 is 0 Å². The number of amides is 1. The Labute approximate surface area is 106 Å². The van der Waals surface area contributed by atoms with Crippen LogP contribution in [-0.4, -0.2) is 50.2 Å². The molecule has 0 aliphatic heterocycles. The molecule has 0 aromatic carbocycles. The van der Waals surface area contributed by atoms with Crippen molar-refractivity contribution in [1.82, 2.24) is 10.2 Å². The summed E-state index contributed by atoms with van der Waals surface area (Å²) in [5.41, 5.74) is 0. The molecular weight excluding hydrogens is 216 g/mol. The second-order valence-corrected chi connectivity index (χ2v) is 4.59. The summed E-state index contributed by atoms with van der Waals surface area (Å²) < 4.78 is 5.47. The molecular formula is C13H28N2O2. The van der Waals surface area contributed by atoms with Gasteiger partial charge in [0.05, 0.1) is 13.2 Å². The minimum Gasteiger partial charge on any atom is -0.378 e. The van der Waals surface area contributed by atoms with Crippen LogP contribution in [0.2, 0.25) is 0 Å². The lowest BCUT2D eigenvalue weighted by atomic mass is 10.1. The van der Waals surface area contributed by atoms with Gasteiger partial charge in [-0.1, -0.05) is 27.7 Å². The van der Waals surface area contributed by atoms with Crippen LogP contribution in [0, 0.1) is 5.92 Å². The van der Waals surface area contributed by atoms with Crippen LogP contribution in [0.4, 0.5) is 0 Å². The molecule has 0 saturated heterocycles. The Balaban J connectivity index is 3.31. The van der Waals surface area contributed by atoms with Gasteiger partial charge in [-0.25, -0.2) is 0 Å². The SMILES string of the molecule is CCN(CC)CCOCCNC(=O)CC(C)C. The summed E-state index contributed by atoms with van der Waals surface area (Å²) >= 11 is 0. The van der Waals surface area contributed by atoms with Gasteiger partial charge >= 0.3 is 0 Å². The fraction of sp³-hybridized carbons (Fsp3) is 0.923. The molecule has 0 saturated carbocycles. The molecule has 4 heteroatoms. The van der Waals surface area contributed by atoms with Crippen molar-refractivity contribution >= 4 is 5.91 Å². The first-order valence-electron chi connectivity index (χ1n) is 6.66. The van der Waals surface area contributed by atoms with Crippen LogP contribution in [0.25, 0.3) is 0 Å². The van der Waals surface area contributed by atoms with E-state index in [0.717, 1.165) is 26.2 Å². The standard InChI is InChI=1S/C13H28N2O2/c1-5-15(6-2)8-10-17-9-7-14-13(16)11-12(3)4/h12H,5-11H2,1-4H3,(H,14,16). The van der Waals surface area contributed by atoms with Gasteiger partial charge in [-0.2, -0.15) is 0 Å². The number of carbonyl (C=O) groups is 1. The van der Waals surface area contributed by atoms with Crippen LogP contribution in [-0.2, 0) is 9.53 Å². The third-order valence-electron chi connectivity index (χ3n) is 2.61. The zero-order valence-electron chi connectivity index (χ0n) is 11.8. The van der Waals surface area contributed by atoms with Gasteiger partial charge in [-0.3, -0.25) is 4.79 Å². The average Bonchev–Trinajstić information content (AvgIpc) is 2.27. The quantitative estimate of drug-likeness (QED) is 0.592. The van der Waals surface area contributed by atoms with E-state index in [1.807, 2.05) is 13.8 Å². The summed E-state index contributed by atoms with van der Waals surface area (Å²) in [6.45, 7) is 13.4. The van der Waals surface area contributed by atoms with E-state index in [1.165, 1.54) is 0 Å². The Morgan fingerprint density at radius 3 is 2.41 bits per heavy atom. The first kappa shape index (κ1) is 16.4. The number of ether oxygens (including phenoxy) is 1. The van der Waals surface area contributed by atoms with Crippen molar-refractivity contribution in [2.45, 2.75) is 34.1 Å². The molecule has 0 spiro atoms. The molecule has 0 aromatic heterocycles. The van der Waals surface area contributed by atoms with Gasteiger partial charge in [0.25, 0.3) is 0 Å². The fourth-order valence-corrected chi connectivity index (χ4v) is 1.54. The van der Waals surface area contributed by atoms with Crippen LogP contribution in [0.5, 0.6) is 0 Å². The van der Waals surface area contributed by atoms with Gasteiger partial charge in [-0.05, 0) is 19.0 Å². The highest BCUT2D eigenvalue weighted by Crippen LogP contribution is 1.97. The van der Waals surface area contributed by atoms with E-state index in [0.29, 0.717) is 25.5 Å². The number of likely N-dealkylation sites (N-methyl/N-ethyl adjacent to an activating group) is 1. The molecule has 0 radical (unpaired) electrons. The zero-order valence-corrected chi connectivity index (χ0v) is 11.8. The predicted octanol–water partition coefficient (Wildman–Crippen LogP) is 1.51. The zero-order chi connectivity index (χ0) is 13.1. The minimum absolute atomic E-state index is 0.118. The van der Waals surface area contributed by atoms with Gasteiger partial charge in [0.1, 0.15) is 0 Å². The van der Waals surface area contributed by atoms with Crippen molar-refractivity contribution in [3.8, 4) is 0 Å². The molecule has 0 rings (SSSR count). The lowest BCUT2D eigenvalue weighted by Crippen LogP contribution is -2.30. The highest BCUT2D eigenvalue weighted by atomic mass is 16.5. The first-order chi connectivity index (χ1) is 8.10. The van der Waals surface area contributed by atoms with E-state index >= 15 is 0 Å². The average molecular weight is 244 g/mol. The van der Waals surface area contributed by atoms with E-state index in [9.17, 15) is 4.79 Å². The van der Waals surface area contributed by atoms with E-state index in [1.54, 1.807) is 0 Å². The fourth-order valence-electron chi connectivity index (χ4n) is 1.54. The van der Waals surface area contributed by atoms with Gasteiger partial charge < -0.3 is 15.0 Å². The minimum atomic E-state index is 0.118. The third kappa shape index (κ3) is 10.3. The van der Waals surface area contributed by atoms with Crippen molar-refractivity contribution in [2.24, 2.45) is 5.92 Å². The van der Waals surface area contributed by atoms with Gasteiger partial charge in [0, 0.05) is 19.5 Å². The highest BCUT2D eigenvalue weighted by Gasteiger charge is 2.03. The number of carbonyl (C=O) groups excluding carboxylic acids is 1. The number of nitrogens with one attached hydrogen (secondary N) is 1. The van der Waals surface area contributed by atoms with E-state index in [2.05, 4.69) is 24.1 Å². The lowest BCUT2D eigenvalue weighted by Gasteiger charge is -2.17. The Hall–Kier alpha value is -0.610. The van der Waals surface area contributed by atoms with Crippen LogP contribution in [0.1, 0.15) is 34.1 Å². The van der Waals surface area contributed by atoms with Crippen LogP contribution in [0.15, 0.2) is 0 Å². The Bertz CT molecular complexity index is 192. The lowest BCUT2D eigenvalue weighted by molar-refractivity contribution is -0.122. The summed E-state index contributed by atoms with van der Waals surface area (Å²) in [7, 11) is 0. The van der Waals surface area contributed by atoms with Crippen molar-refractivity contribution in [2.75, 3.05) is 39.4 Å².